The molecule has 0 radical (unpaired) electrons. The maximum Gasteiger partial charge on any atom is 0.345 e. The molecule has 0 aliphatic carbocycles. The first-order chi connectivity index (χ1) is 9.29. The molecule has 0 saturated carbocycles. The molecule has 0 fully saturated rings. The Labute approximate surface area is 124 Å². The molecule has 1 aromatic heterocycles. The highest BCUT2D eigenvalue weighted by atomic mass is 35.5. The second kappa shape index (κ2) is 5.43. The number of carboxylic acid groups (broad SMARTS) is 1. The molecule has 0 saturated heterocycles. The van der Waals surface area contributed by atoms with Crippen LogP contribution in [0.4, 0.5) is 5.00 Å². The third kappa shape index (κ3) is 3.12. The second-order valence-corrected chi connectivity index (χ2v) is 7.15. The average Bonchev–Trinajstić information content (AvgIpc) is 2.76. The normalized spacial score (nSPS) is 11.3. The van der Waals surface area contributed by atoms with Crippen molar-refractivity contribution in [2.45, 2.75) is 11.8 Å². The van der Waals surface area contributed by atoms with Gasteiger partial charge in [-0.25, -0.2) is 13.2 Å². The zero-order valence-corrected chi connectivity index (χ0v) is 12.6. The number of benzene rings is 1. The zero-order chi connectivity index (χ0) is 14.9. The minimum atomic E-state index is -3.84. The summed E-state index contributed by atoms with van der Waals surface area (Å²) in [5.74, 6) is -1.10. The molecule has 2 rings (SSSR count). The number of halogens is 1. The molecule has 0 aliphatic rings. The van der Waals surface area contributed by atoms with E-state index in [1.165, 1.54) is 18.2 Å². The maximum absolute atomic E-state index is 12.2. The van der Waals surface area contributed by atoms with Gasteiger partial charge in [0.2, 0.25) is 0 Å². The van der Waals surface area contributed by atoms with Crippen LogP contribution >= 0.6 is 22.9 Å². The molecule has 5 nitrogen and oxygen atoms in total. The summed E-state index contributed by atoms with van der Waals surface area (Å²) >= 11 is 6.76. The second-order valence-electron chi connectivity index (χ2n) is 4.01. The van der Waals surface area contributed by atoms with Gasteiger partial charge < -0.3 is 5.11 Å². The molecule has 2 aromatic rings. The molecule has 0 spiro atoms. The highest BCUT2D eigenvalue weighted by molar-refractivity contribution is 7.93. The Hall–Kier alpha value is -1.57. The topological polar surface area (TPSA) is 83.5 Å². The predicted molar refractivity (Wildman–Crippen MR) is 78.3 cm³/mol. The lowest BCUT2D eigenvalue weighted by Gasteiger charge is -2.08. The summed E-state index contributed by atoms with van der Waals surface area (Å²) in [7, 11) is -3.84. The van der Waals surface area contributed by atoms with Gasteiger partial charge in [-0.3, -0.25) is 4.72 Å². The highest BCUT2D eigenvalue weighted by Gasteiger charge is 2.19. The van der Waals surface area contributed by atoms with E-state index in [9.17, 15) is 13.2 Å². The van der Waals surface area contributed by atoms with Crippen LogP contribution in [0.5, 0.6) is 0 Å². The summed E-state index contributed by atoms with van der Waals surface area (Å²) in [6.07, 6.45) is 0. The number of aromatic carboxylic acids is 1. The lowest BCUT2D eigenvalue weighted by atomic mass is 10.2. The molecule has 106 valence electrons. The summed E-state index contributed by atoms with van der Waals surface area (Å²) in [5.41, 5.74) is 0.846. The Balaban J connectivity index is 2.33. The van der Waals surface area contributed by atoms with Gasteiger partial charge in [-0.05, 0) is 36.8 Å². The third-order valence-electron chi connectivity index (χ3n) is 2.43. The zero-order valence-electron chi connectivity index (χ0n) is 10.3. The van der Waals surface area contributed by atoms with Gasteiger partial charge in [0.15, 0.2) is 0 Å². The van der Waals surface area contributed by atoms with E-state index >= 15 is 0 Å². The predicted octanol–water partition coefficient (Wildman–Crippen LogP) is 3.21. The van der Waals surface area contributed by atoms with E-state index in [1.807, 2.05) is 0 Å². The summed E-state index contributed by atoms with van der Waals surface area (Å²) in [5, 5.41) is 9.14. The van der Waals surface area contributed by atoms with Crippen molar-refractivity contribution in [3.63, 3.8) is 0 Å². The number of thiophene rings is 1. The Morgan fingerprint density at radius 1 is 1.30 bits per heavy atom. The first-order valence-electron chi connectivity index (χ1n) is 5.42. The Morgan fingerprint density at radius 3 is 2.55 bits per heavy atom. The standard InChI is InChI=1S/C12H10ClNO4S2/c1-7-2-4-10(8(13)6-7)20(17,18)14-11-5-3-9(19-11)12(15)16/h2-6,14H,1H3,(H,15,16). The number of carbonyl (C=O) groups is 1. The van der Waals surface area contributed by atoms with E-state index in [0.717, 1.165) is 16.9 Å². The molecule has 0 aliphatic heterocycles. The van der Waals surface area contributed by atoms with Crippen LogP contribution in [0.2, 0.25) is 5.02 Å². The van der Waals surface area contributed by atoms with Gasteiger partial charge in [-0.15, -0.1) is 11.3 Å². The van der Waals surface area contributed by atoms with Crippen molar-refractivity contribution in [2.24, 2.45) is 0 Å². The van der Waals surface area contributed by atoms with Crippen LogP contribution in [0, 0.1) is 6.92 Å². The van der Waals surface area contributed by atoms with Gasteiger partial charge in [0.25, 0.3) is 10.0 Å². The van der Waals surface area contributed by atoms with Gasteiger partial charge in [0.05, 0.1) is 5.02 Å². The number of rotatable bonds is 4. The lowest BCUT2D eigenvalue weighted by Crippen LogP contribution is -2.12. The number of nitrogens with one attached hydrogen (secondary N) is 1. The quantitative estimate of drug-likeness (QED) is 0.901. The molecular formula is C12H10ClNO4S2. The largest absolute Gasteiger partial charge is 0.477 e. The SMILES string of the molecule is Cc1ccc(S(=O)(=O)Nc2ccc(C(=O)O)s2)c(Cl)c1. The Kier molecular flexibility index (Phi) is 4.03. The Morgan fingerprint density at radius 2 is 2.00 bits per heavy atom. The van der Waals surface area contributed by atoms with Gasteiger partial charge in [-0.1, -0.05) is 17.7 Å². The van der Waals surface area contributed by atoms with Gasteiger partial charge in [0.1, 0.15) is 14.8 Å². The van der Waals surface area contributed by atoms with E-state index in [1.54, 1.807) is 19.1 Å². The summed E-state index contributed by atoms with van der Waals surface area (Å²) < 4.78 is 26.7. The van der Waals surface area contributed by atoms with Crippen molar-refractivity contribution in [2.75, 3.05) is 4.72 Å². The molecule has 8 heteroatoms. The van der Waals surface area contributed by atoms with Crippen molar-refractivity contribution in [1.82, 2.24) is 0 Å². The third-order valence-corrected chi connectivity index (χ3v) is 5.39. The molecule has 2 N–H and O–H groups in total. The number of hydrogen-bond acceptors (Lipinski definition) is 4. The summed E-state index contributed by atoms with van der Waals surface area (Å²) in [4.78, 5) is 10.8. The van der Waals surface area contributed by atoms with Gasteiger partial charge in [0, 0.05) is 0 Å². The number of sulfonamides is 1. The van der Waals surface area contributed by atoms with Crippen LogP contribution in [-0.2, 0) is 10.0 Å². The van der Waals surface area contributed by atoms with E-state index < -0.39 is 16.0 Å². The van der Waals surface area contributed by atoms with E-state index in [0.29, 0.717) is 0 Å². The fraction of sp³-hybridized carbons (Fsp3) is 0.0833. The monoisotopic (exact) mass is 331 g/mol. The molecular weight excluding hydrogens is 322 g/mol. The smallest absolute Gasteiger partial charge is 0.345 e. The van der Waals surface area contributed by atoms with Crippen molar-refractivity contribution in [3.8, 4) is 0 Å². The number of hydrogen-bond donors (Lipinski definition) is 2. The molecule has 0 unspecified atom stereocenters. The van der Waals surface area contributed by atoms with E-state index in [2.05, 4.69) is 4.72 Å². The average molecular weight is 332 g/mol. The minimum Gasteiger partial charge on any atom is -0.477 e. The lowest BCUT2D eigenvalue weighted by molar-refractivity contribution is 0.0702. The van der Waals surface area contributed by atoms with Gasteiger partial charge in [-0.2, -0.15) is 0 Å². The minimum absolute atomic E-state index is 0.0463. The first kappa shape index (κ1) is 14.8. The van der Waals surface area contributed by atoms with Crippen molar-refractivity contribution in [3.05, 3.63) is 45.8 Å². The van der Waals surface area contributed by atoms with Crippen LogP contribution < -0.4 is 4.72 Å². The van der Waals surface area contributed by atoms with Crippen molar-refractivity contribution >= 4 is 43.9 Å². The fourth-order valence-electron chi connectivity index (χ4n) is 1.52. The molecule has 0 amide bonds. The molecule has 0 bridgehead atoms. The van der Waals surface area contributed by atoms with Crippen LogP contribution in [0.1, 0.15) is 15.2 Å². The van der Waals surface area contributed by atoms with Gasteiger partial charge >= 0.3 is 5.97 Å². The number of aryl methyl sites for hydroxylation is 1. The summed E-state index contributed by atoms with van der Waals surface area (Å²) in [6, 6.07) is 7.33. The maximum atomic E-state index is 12.2. The Bertz CT molecular complexity index is 768. The summed E-state index contributed by atoms with van der Waals surface area (Å²) in [6.45, 7) is 1.80. The number of carboxylic acids is 1. The first-order valence-corrected chi connectivity index (χ1v) is 8.09. The van der Waals surface area contributed by atoms with Crippen LogP contribution in [0.25, 0.3) is 0 Å². The molecule has 0 atom stereocenters. The van der Waals surface area contributed by atoms with E-state index in [4.69, 9.17) is 16.7 Å². The van der Waals surface area contributed by atoms with Crippen molar-refractivity contribution in [1.29, 1.82) is 0 Å². The molecule has 1 heterocycles. The molecule has 20 heavy (non-hydrogen) atoms. The fourth-order valence-corrected chi connectivity index (χ4v) is 4.16. The van der Waals surface area contributed by atoms with E-state index in [-0.39, 0.29) is 19.8 Å². The van der Waals surface area contributed by atoms with Crippen LogP contribution in [0.3, 0.4) is 0 Å². The van der Waals surface area contributed by atoms with Crippen molar-refractivity contribution < 1.29 is 18.3 Å². The van der Waals surface area contributed by atoms with Crippen LogP contribution in [0.15, 0.2) is 35.2 Å². The number of anilines is 1. The van der Waals surface area contributed by atoms with Crippen LogP contribution in [-0.4, -0.2) is 19.5 Å². The molecule has 1 aromatic carbocycles. The highest BCUT2D eigenvalue weighted by Crippen LogP contribution is 2.28.